The summed E-state index contributed by atoms with van der Waals surface area (Å²) in [7, 11) is -4.76. The van der Waals surface area contributed by atoms with E-state index in [0.717, 1.165) is 51.4 Å². The van der Waals surface area contributed by atoms with Gasteiger partial charge in [0, 0.05) is 12.8 Å². The molecule has 8 nitrogen and oxygen atoms in total. The third-order valence-corrected chi connectivity index (χ3v) is 8.04. The van der Waals surface area contributed by atoms with Crippen LogP contribution in [0, 0.1) is 0 Å². The highest BCUT2D eigenvalue weighted by atomic mass is 31.2. The monoisotopic (exact) mass is 694 g/mol. The maximum Gasteiger partial charge on any atom is 0.469 e. The molecule has 0 rings (SSSR count). The van der Waals surface area contributed by atoms with Crippen LogP contribution < -0.4 is 0 Å². The fourth-order valence-electron chi connectivity index (χ4n) is 4.82. The second-order valence-electron chi connectivity index (χ2n) is 12.2. The Hall–Kier alpha value is -2.25. The fourth-order valence-corrected chi connectivity index (χ4v) is 5.18. The third kappa shape index (κ3) is 36.6. The molecule has 48 heavy (non-hydrogen) atoms. The number of hydrogen-bond acceptors (Lipinski definition) is 6. The van der Waals surface area contributed by atoms with Crippen LogP contribution in [0.2, 0.25) is 0 Å². The quantitative estimate of drug-likeness (QED) is 0.0301. The molecule has 0 heterocycles. The van der Waals surface area contributed by atoms with E-state index in [1.807, 2.05) is 12.2 Å². The van der Waals surface area contributed by atoms with E-state index in [4.69, 9.17) is 19.3 Å². The topological polar surface area (TPSA) is 119 Å². The van der Waals surface area contributed by atoms with Crippen molar-refractivity contribution < 1.29 is 37.9 Å². The smallest absolute Gasteiger partial charge is 0.462 e. The van der Waals surface area contributed by atoms with Gasteiger partial charge in [0.2, 0.25) is 0 Å². The van der Waals surface area contributed by atoms with Gasteiger partial charge in [-0.2, -0.15) is 0 Å². The van der Waals surface area contributed by atoms with Crippen molar-refractivity contribution in [2.75, 3.05) is 13.2 Å². The van der Waals surface area contributed by atoms with Gasteiger partial charge in [-0.15, -0.1) is 0 Å². The Morgan fingerprint density at radius 3 is 1.48 bits per heavy atom. The molecular formula is C39H67O8P. The summed E-state index contributed by atoms with van der Waals surface area (Å²) >= 11 is 0. The maximum absolute atomic E-state index is 12.3. The molecule has 0 fully saturated rings. The summed E-state index contributed by atoms with van der Waals surface area (Å²) in [6.07, 6.45) is 42.3. The van der Waals surface area contributed by atoms with Crippen molar-refractivity contribution in [3.63, 3.8) is 0 Å². The predicted octanol–water partition coefficient (Wildman–Crippen LogP) is 11.0. The summed E-state index contributed by atoms with van der Waals surface area (Å²) in [4.78, 5) is 42.6. The number of rotatable bonds is 33. The summed E-state index contributed by atoms with van der Waals surface area (Å²) in [5.74, 6) is -0.956. The van der Waals surface area contributed by atoms with Crippen LogP contribution in [0.3, 0.4) is 0 Å². The summed E-state index contributed by atoms with van der Waals surface area (Å²) in [6, 6.07) is 0. The number of carbonyl (C=O) groups excluding carboxylic acids is 2. The summed E-state index contributed by atoms with van der Waals surface area (Å²) in [5.41, 5.74) is 0. The van der Waals surface area contributed by atoms with E-state index in [2.05, 4.69) is 67.0 Å². The first-order valence-corrected chi connectivity index (χ1v) is 20.1. The Balaban J connectivity index is 4.09. The molecule has 1 unspecified atom stereocenters. The van der Waals surface area contributed by atoms with Gasteiger partial charge >= 0.3 is 19.8 Å². The molecule has 0 aliphatic carbocycles. The molecule has 0 aliphatic heterocycles. The van der Waals surface area contributed by atoms with Gasteiger partial charge < -0.3 is 19.3 Å². The van der Waals surface area contributed by atoms with Gasteiger partial charge in [0.15, 0.2) is 6.10 Å². The minimum Gasteiger partial charge on any atom is -0.462 e. The van der Waals surface area contributed by atoms with Gasteiger partial charge in [-0.05, 0) is 51.4 Å². The summed E-state index contributed by atoms with van der Waals surface area (Å²) in [5, 5.41) is 0. The van der Waals surface area contributed by atoms with Crippen LogP contribution in [0.15, 0.2) is 60.8 Å². The number of carbonyl (C=O) groups is 2. The number of hydrogen-bond donors (Lipinski definition) is 2. The van der Waals surface area contributed by atoms with Gasteiger partial charge in [0.25, 0.3) is 0 Å². The van der Waals surface area contributed by atoms with Gasteiger partial charge in [0.1, 0.15) is 6.61 Å². The van der Waals surface area contributed by atoms with Crippen molar-refractivity contribution in [3.05, 3.63) is 60.8 Å². The highest BCUT2D eigenvalue weighted by Crippen LogP contribution is 2.35. The molecule has 0 amide bonds. The molecule has 0 saturated heterocycles. The lowest BCUT2D eigenvalue weighted by molar-refractivity contribution is -0.161. The molecule has 0 aliphatic rings. The van der Waals surface area contributed by atoms with E-state index in [0.29, 0.717) is 12.8 Å². The van der Waals surface area contributed by atoms with E-state index in [-0.39, 0.29) is 19.4 Å². The van der Waals surface area contributed by atoms with Crippen LogP contribution in [-0.2, 0) is 28.2 Å². The third-order valence-electron chi connectivity index (χ3n) is 7.55. The predicted molar refractivity (Wildman–Crippen MR) is 197 cm³/mol. The molecule has 0 saturated carbocycles. The molecule has 0 aromatic heterocycles. The van der Waals surface area contributed by atoms with Crippen LogP contribution in [-0.4, -0.2) is 41.0 Å². The highest BCUT2D eigenvalue weighted by Gasteiger charge is 2.22. The molecule has 0 spiro atoms. The van der Waals surface area contributed by atoms with Crippen molar-refractivity contribution in [2.45, 2.75) is 161 Å². The minimum atomic E-state index is -4.76. The average molecular weight is 695 g/mol. The SMILES string of the molecule is CC/C=C\C/C=C\C/C=C\C/C=C\C/C=C\CCCC(=O)OC(COC(=O)CCCCCCCCCCCCCCC)COP(=O)(O)O. The average Bonchev–Trinajstić information content (AvgIpc) is 3.05. The molecule has 2 N–H and O–H groups in total. The van der Waals surface area contributed by atoms with Gasteiger partial charge in [-0.1, -0.05) is 152 Å². The van der Waals surface area contributed by atoms with Crippen LogP contribution in [0.1, 0.15) is 155 Å². The van der Waals surface area contributed by atoms with Crippen LogP contribution in [0.4, 0.5) is 0 Å². The summed E-state index contributed by atoms with van der Waals surface area (Å²) in [6.45, 7) is 3.50. The van der Waals surface area contributed by atoms with Crippen LogP contribution >= 0.6 is 7.82 Å². The minimum absolute atomic E-state index is 0.133. The fraction of sp³-hybridized carbons (Fsp3) is 0.692. The number of allylic oxidation sites excluding steroid dienone is 10. The molecule has 0 aromatic rings. The van der Waals surface area contributed by atoms with Crippen molar-refractivity contribution in [2.24, 2.45) is 0 Å². The molecule has 9 heteroatoms. The Morgan fingerprint density at radius 2 is 1.00 bits per heavy atom. The van der Waals surface area contributed by atoms with Crippen LogP contribution in [0.25, 0.3) is 0 Å². The number of unbranched alkanes of at least 4 members (excludes halogenated alkanes) is 13. The van der Waals surface area contributed by atoms with Crippen LogP contribution in [0.5, 0.6) is 0 Å². The largest absolute Gasteiger partial charge is 0.469 e. The molecule has 0 bridgehead atoms. The Kier molecular flexibility index (Phi) is 33.0. The molecular weight excluding hydrogens is 627 g/mol. The molecule has 1 atom stereocenters. The molecule has 276 valence electrons. The zero-order chi connectivity index (χ0) is 35.4. The first kappa shape index (κ1) is 45.8. The number of phosphoric acid groups is 1. The second-order valence-corrected chi connectivity index (χ2v) is 13.4. The standard InChI is InChI=1S/C39H67O8P/c1-3-5-7-9-11-13-15-17-18-19-20-22-24-26-28-30-32-34-39(41)47-37(36-46-48(42,43)44)35-45-38(40)33-31-29-27-25-23-21-16-14-12-10-8-6-4-2/h5,7,11,13,17-18,20,22,26,28,37H,3-4,6,8-10,12,14-16,19,21,23-25,27,29-36H2,1-2H3,(H2,42,43,44)/b7-5-,13-11-,18-17-,22-20-,28-26-. The number of ether oxygens (including phenoxy) is 2. The van der Waals surface area contributed by atoms with Crippen molar-refractivity contribution >= 4 is 19.8 Å². The zero-order valence-electron chi connectivity index (χ0n) is 30.1. The molecule has 0 radical (unpaired) electrons. The van der Waals surface area contributed by atoms with E-state index in [1.54, 1.807) is 0 Å². The van der Waals surface area contributed by atoms with Crippen molar-refractivity contribution in [1.82, 2.24) is 0 Å². The van der Waals surface area contributed by atoms with Gasteiger partial charge in [-0.3, -0.25) is 14.1 Å². The van der Waals surface area contributed by atoms with Crippen molar-refractivity contribution in [3.8, 4) is 0 Å². The second kappa shape index (κ2) is 34.6. The number of esters is 2. The zero-order valence-corrected chi connectivity index (χ0v) is 31.0. The van der Waals surface area contributed by atoms with Gasteiger partial charge in [0.05, 0.1) is 6.61 Å². The Bertz CT molecular complexity index is 963. The molecule has 0 aromatic carbocycles. The Labute approximate surface area is 292 Å². The van der Waals surface area contributed by atoms with Crippen molar-refractivity contribution in [1.29, 1.82) is 0 Å². The van der Waals surface area contributed by atoms with E-state index in [1.165, 1.54) is 64.2 Å². The summed E-state index contributed by atoms with van der Waals surface area (Å²) < 4.78 is 26.2. The highest BCUT2D eigenvalue weighted by molar-refractivity contribution is 7.46. The van der Waals surface area contributed by atoms with E-state index < -0.39 is 32.5 Å². The normalized spacial score (nSPS) is 13.2. The lowest BCUT2D eigenvalue weighted by Gasteiger charge is -2.18. The Morgan fingerprint density at radius 1 is 0.562 bits per heavy atom. The van der Waals surface area contributed by atoms with Gasteiger partial charge in [-0.25, -0.2) is 4.57 Å². The first-order chi connectivity index (χ1) is 23.3. The number of phosphoric ester groups is 1. The lowest BCUT2D eigenvalue weighted by Crippen LogP contribution is -2.29. The first-order valence-electron chi connectivity index (χ1n) is 18.6. The van der Waals surface area contributed by atoms with E-state index >= 15 is 0 Å². The maximum atomic E-state index is 12.3. The lowest BCUT2D eigenvalue weighted by atomic mass is 10.0. The van der Waals surface area contributed by atoms with E-state index in [9.17, 15) is 14.2 Å².